The number of H-pyrrole nitrogens is 1. The zero-order valence-corrected chi connectivity index (χ0v) is 16.6. The summed E-state index contributed by atoms with van der Waals surface area (Å²) >= 11 is 0. The van der Waals surface area contributed by atoms with Crippen LogP contribution >= 0.6 is 0 Å². The molecule has 33 heavy (non-hydrogen) atoms. The van der Waals surface area contributed by atoms with Crippen LogP contribution in [0.25, 0.3) is 11.2 Å². The highest BCUT2D eigenvalue weighted by Crippen LogP contribution is 2.30. The number of hydrogen-bond acceptors (Lipinski definition) is 13. The van der Waals surface area contributed by atoms with Gasteiger partial charge >= 0.3 is 0 Å². The number of rotatable bonds is 7. The molecule has 17 heteroatoms. The number of carbonyl (C=O) groups is 1. The van der Waals surface area contributed by atoms with Crippen LogP contribution in [0.4, 0.5) is 14.7 Å². The molecule has 0 aromatic carbocycles. The van der Waals surface area contributed by atoms with Crippen LogP contribution in [-0.2, 0) is 9.53 Å². The number of nitrogens with zero attached hydrogens (tertiary/aromatic N) is 3. The number of aliphatic hydroxyl groups excluding tert-OH is 6. The second-order valence-corrected chi connectivity index (χ2v) is 7.03. The van der Waals surface area contributed by atoms with Gasteiger partial charge in [0.2, 0.25) is 5.95 Å². The molecule has 1 saturated heterocycles. The average molecular weight is 483 g/mol. The molecule has 3 rings (SSSR count). The summed E-state index contributed by atoms with van der Waals surface area (Å²) in [4.78, 5) is 31.7. The fourth-order valence-corrected chi connectivity index (χ4v) is 2.90. The fourth-order valence-electron chi connectivity index (χ4n) is 2.90. The molecule has 1 fully saturated rings. The van der Waals surface area contributed by atoms with Crippen LogP contribution in [0.5, 0.6) is 0 Å². The highest BCUT2D eigenvalue weighted by atomic mass is 19.3. The number of ether oxygens (including phenoxy) is 1. The predicted octanol–water partition coefficient (Wildman–Crippen LogP) is -4.79. The van der Waals surface area contributed by atoms with Gasteiger partial charge in [0, 0.05) is 0 Å². The number of nitrogens with one attached hydrogen (secondary N) is 1. The smallest absolute Gasteiger partial charge is 0.280 e. The van der Waals surface area contributed by atoms with Crippen molar-refractivity contribution in [3.05, 3.63) is 16.7 Å². The maximum Gasteiger partial charge on any atom is 0.280 e. The van der Waals surface area contributed by atoms with Crippen molar-refractivity contribution in [2.45, 2.75) is 48.8 Å². The molecule has 0 radical (unpaired) electrons. The van der Waals surface area contributed by atoms with Crippen molar-refractivity contribution in [3.63, 3.8) is 0 Å². The number of halogens is 2. The number of nitrogen functional groups attached to an aromatic ring is 1. The van der Waals surface area contributed by atoms with Crippen molar-refractivity contribution in [2.24, 2.45) is 0 Å². The molecule has 7 atom stereocenters. The first kappa shape index (κ1) is 26.6. The van der Waals surface area contributed by atoms with Crippen LogP contribution in [0.1, 0.15) is 6.23 Å². The Bertz CT molecular complexity index is 1010. The van der Waals surface area contributed by atoms with Crippen molar-refractivity contribution < 1.29 is 54.1 Å². The zero-order valence-electron chi connectivity index (χ0n) is 16.6. The number of hydrogen-bond donors (Lipinski definition) is 9. The van der Waals surface area contributed by atoms with Gasteiger partial charge in [0.15, 0.2) is 29.3 Å². The quantitative estimate of drug-likeness (QED) is 0.168. The number of carbonyl (C=O) groups excluding carboxylic acids is 1. The van der Waals surface area contributed by atoms with Crippen molar-refractivity contribution in [2.75, 3.05) is 18.9 Å². The lowest BCUT2D eigenvalue weighted by Gasteiger charge is -2.31. The number of aromatic nitrogens is 4. The number of imidazole rings is 1. The van der Waals surface area contributed by atoms with E-state index in [1.165, 1.54) is 10.9 Å². The molecular weight excluding hydrogens is 460 g/mol. The topological polar surface area (TPSA) is 257 Å². The van der Waals surface area contributed by atoms with Gasteiger partial charge in [0.1, 0.15) is 30.5 Å². The van der Waals surface area contributed by atoms with Crippen molar-refractivity contribution in [3.8, 4) is 0 Å². The summed E-state index contributed by atoms with van der Waals surface area (Å²) in [6, 6.07) is 0. The Balaban J connectivity index is 0.000000260. The van der Waals surface area contributed by atoms with E-state index < -0.39 is 67.5 Å². The monoisotopic (exact) mass is 483 g/mol. The Kier molecular flexibility index (Phi) is 8.49. The number of fused-ring (bicyclic) bond motifs is 1. The van der Waals surface area contributed by atoms with E-state index in [1.54, 1.807) is 0 Å². The van der Waals surface area contributed by atoms with Gasteiger partial charge in [-0.3, -0.25) is 14.3 Å². The van der Waals surface area contributed by atoms with Gasteiger partial charge < -0.3 is 51.0 Å². The van der Waals surface area contributed by atoms with Crippen molar-refractivity contribution in [1.29, 1.82) is 0 Å². The summed E-state index contributed by atoms with van der Waals surface area (Å²) in [5.74, 6) is -0.101. The second-order valence-electron chi connectivity index (χ2n) is 7.03. The van der Waals surface area contributed by atoms with Gasteiger partial charge in [-0.1, -0.05) is 0 Å². The number of nitrogens with two attached hydrogens (primary N) is 1. The van der Waals surface area contributed by atoms with E-state index in [-0.39, 0.29) is 23.4 Å². The van der Waals surface area contributed by atoms with E-state index in [2.05, 4.69) is 15.0 Å². The number of anilines is 1. The van der Waals surface area contributed by atoms with E-state index in [9.17, 15) is 28.6 Å². The largest absolute Gasteiger partial charge is 0.394 e. The Morgan fingerprint density at radius 3 is 2.42 bits per heavy atom. The second kappa shape index (κ2) is 10.5. The Morgan fingerprint density at radius 1 is 1.30 bits per heavy atom. The van der Waals surface area contributed by atoms with Gasteiger partial charge in [-0.15, -0.1) is 0 Å². The first-order valence-electron chi connectivity index (χ1n) is 9.20. The molecule has 1 aliphatic heterocycles. The number of aldehydes is 1. The van der Waals surface area contributed by atoms with Crippen molar-refractivity contribution in [1.82, 2.24) is 19.5 Å². The van der Waals surface area contributed by atoms with E-state index >= 15 is 0 Å². The molecule has 0 spiro atoms. The molecule has 10 N–H and O–H groups in total. The molecule has 2 aromatic rings. The maximum atomic E-state index is 12.0. The summed E-state index contributed by atoms with van der Waals surface area (Å²) in [6.45, 7) is -1.91. The fraction of sp³-hybridized carbons (Fsp3) is 0.625. The van der Waals surface area contributed by atoms with Gasteiger partial charge in [-0.05, 0) is 0 Å². The lowest BCUT2D eigenvalue weighted by molar-refractivity contribution is -0.203. The Morgan fingerprint density at radius 2 is 1.94 bits per heavy atom. The molecule has 186 valence electrons. The molecule has 3 unspecified atom stereocenters. The van der Waals surface area contributed by atoms with E-state index in [0.29, 0.717) is 0 Å². The molecule has 0 saturated carbocycles. The van der Waals surface area contributed by atoms with Crippen LogP contribution in [0, 0.1) is 0 Å². The Labute approximate surface area is 182 Å². The summed E-state index contributed by atoms with van der Waals surface area (Å²) in [5, 5.41) is 63.4. The molecule has 0 aliphatic carbocycles. The van der Waals surface area contributed by atoms with Crippen LogP contribution < -0.4 is 11.3 Å². The van der Waals surface area contributed by atoms with Crippen molar-refractivity contribution >= 4 is 23.4 Å². The normalized spacial score (nSPS) is 26.5. The van der Waals surface area contributed by atoms with E-state index in [1.807, 2.05) is 0 Å². The molecule has 2 aromatic heterocycles. The predicted molar refractivity (Wildman–Crippen MR) is 102 cm³/mol. The minimum Gasteiger partial charge on any atom is -0.394 e. The summed E-state index contributed by atoms with van der Waals surface area (Å²) < 4.78 is 30.7. The minimum absolute atomic E-state index is 0.0388. The first-order chi connectivity index (χ1) is 15.4. The van der Waals surface area contributed by atoms with Crippen LogP contribution in [0.3, 0.4) is 0 Å². The highest BCUT2D eigenvalue weighted by Gasteiger charge is 2.47. The lowest BCUT2D eigenvalue weighted by Crippen LogP contribution is -2.57. The molecule has 0 amide bonds. The van der Waals surface area contributed by atoms with E-state index in [4.69, 9.17) is 36.0 Å². The number of alkyl halides is 2. The summed E-state index contributed by atoms with van der Waals surface area (Å²) in [5.41, 5.74) is 1.94. The molecule has 1 aliphatic rings. The zero-order chi connectivity index (χ0) is 25.1. The van der Waals surface area contributed by atoms with Gasteiger partial charge in [0.25, 0.3) is 12.0 Å². The first-order valence-corrected chi connectivity index (χ1v) is 9.20. The Hall–Kier alpha value is -2.64. The SMILES string of the molecule is Nc1nc2c(ncn2[C@@H]2O[C@H](CO)[C@@H](O)[C@H]2O)c(=O)[nH]1.O=CC(O)C(O)C(O)(CO)C(F)F. The van der Waals surface area contributed by atoms with Gasteiger partial charge in [-0.25, -0.2) is 13.8 Å². The van der Waals surface area contributed by atoms with Gasteiger partial charge in [-0.2, -0.15) is 4.98 Å². The van der Waals surface area contributed by atoms with Gasteiger partial charge in [0.05, 0.1) is 19.5 Å². The van der Waals surface area contributed by atoms with E-state index in [0.717, 1.165) is 0 Å². The number of aliphatic hydroxyl groups is 7. The highest BCUT2D eigenvalue weighted by molar-refractivity contribution is 5.70. The maximum absolute atomic E-state index is 12.0. The third-order valence-electron chi connectivity index (χ3n) is 4.85. The summed E-state index contributed by atoms with van der Waals surface area (Å²) in [6.07, 6.45) is -11.5. The third-order valence-corrected chi connectivity index (χ3v) is 4.85. The summed E-state index contributed by atoms with van der Waals surface area (Å²) in [7, 11) is 0. The third kappa shape index (κ3) is 5.14. The molecule has 0 bridgehead atoms. The molecule has 3 heterocycles. The standard InChI is InChI=1S/C10H13N5O5.C6H10F2O5/c11-10-13-7-4(8(19)14-10)12-2-15(7)9-6(18)5(17)3(1-16)20-9;7-5(8)6(13,2-10)4(12)3(11)1-9/h2-3,5-6,9,16-18H,1H2,(H3,11,13,14,19);1,3-5,10-13H,2H2/t3-,5-,6-,9-;/m1./s1. The number of aromatic amines is 1. The van der Waals surface area contributed by atoms with Crippen LogP contribution in [-0.4, -0.2) is 117 Å². The van der Waals surface area contributed by atoms with Crippen LogP contribution in [0.2, 0.25) is 0 Å². The van der Waals surface area contributed by atoms with Crippen LogP contribution in [0.15, 0.2) is 11.1 Å². The molecular formula is C16H23F2N5O10. The average Bonchev–Trinajstić information content (AvgIpc) is 3.33. The minimum atomic E-state index is -3.47. The molecule has 15 nitrogen and oxygen atoms in total. The lowest BCUT2D eigenvalue weighted by atomic mass is 9.94.